The van der Waals surface area contributed by atoms with E-state index in [4.69, 9.17) is 4.74 Å². The minimum Gasteiger partial charge on any atom is -0.481 e. The van der Waals surface area contributed by atoms with Crippen molar-refractivity contribution in [1.82, 2.24) is 20.2 Å². The molecule has 2 aliphatic rings. The first kappa shape index (κ1) is 17.0. The van der Waals surface area contributed by atoms with Crippen LogP contribution in [-0.2, 0) is 4.79 Å². The highest BCUT2D eigenvalue weighted by molar-refractivity contribution is 5.79. The molecule has 0 bridgehead atoms. The van der Waals surface area contributed by atoms with Crippen LogP contribution in [0.15, 0.2) is 12.3 Å². The smallest absolute Gasteiger partial charge is 0.228 e. The zero-order chi connectivity index (χ0) is 16.9. The van der Waals surface area contributed by atoms with Gasteiger partial charge in [-0.3, -0.25) is 4.79 Å². The van der Waals surface area contributed by atoms with E-state index >= 15 is 0 Å². The SMILES string of the molecule is COc1ccnc(N2CCC(C(=O)NC3CCN(C)CC3)CC2)n1. The van der Waals surface area contributed by atoms with Crippen LogP contribution in [0.25, 0.3) is 0 Å². The van der Waals surface area contributed by atoms with Crippen molar-refractivity contribution in [2.75, 3.05) is 45.2 Å². The standard InChI is InChI=1S/C17H27N5O2/c1-21-9-6-14(7-10-21)19-16(23)13-4-11-22(12-5-13)17-18-8-3-15(20-17)24-2/h3,8,13-14H,4-7,9-12H2,1-2H3,(H,19,23). The molecule has 0 aliphatic carbocycles. The minimum absolute atomic E-state index is 0.103. The number of nitrogens with zero attached hydrogens (tertiary/aromatic N) is 4. The van der Waals surface area contributed by atoms with Crippen molar-refractivity contribution in [1.29, 1.82) is 0 Å². The lowest BCUT2D eigenvalue weighted by molar-refractivity contribution is -0.126. The summed E-state index contributed by atoms with van der Waals surface area (Å²) in [5, 5.41) is 3.25. The van der Waals surface area contributed by atoms with E-state index in [1.54, 1.807) is 19.4 Å². The number of nitrogens with one attached hydrogen (secondary N) is 1. The third kappa shape index (κ3) is 4.14. The second-order valence-corrected chi connectivity index (χ2v) is 6.75. The Kier molecular flexibility index (Phi) is 5.50. The molecule has 0 atom stereocenters. The Morgan fingerprint density at radius 3 is 2.58 bits per heavy atom. The van der Waals surface area contributed by atoms with E-state index in [2.05, 4.69) is 32.1 Å². The maximum Gasteiger partial charge on any atom is 0.228 e. The Morgan fingerprint density at radius 1 is 1.21 bits per heavy atom. The van der Waals surface area contributed by atoms with E-state index in [0.717, 1.165) is 51.9 Å². The summed E-state index contributed by atoms with van der Waals surface area (Å²) in [6.07, 6.45) is 5.51. The van der Waals surface area contributed by atoms with Crippen LogP contribution < -0.4 is 15.0 Å². The van der Waals surface area contributed by atoms with Crippen molar-refractivity contribution in [2.45, 2.75) is 31.7 Å². The van der Waals surface area contributed by atoms with Crippen LogP contribution >= 0.6 is 0 Å². The normalized spacial score (nSPS) is 20.8. The van der Waals surface area contributed by atoms with E-state index in [0.29, 0.717) is 17.9 Å². The van der Waals surface area contributed by atoms with Gasteiger partial charge in [0.05, 0.1) is 7.11 Å². The quantitative estimate of drug-likeness (QED) is 0.883. The number of anilines is 1. The van der Waals surface area contributed by atoms with Gasteiger partial charge in [0.2, 0.25) is 17.7 Å². The van der Waals surface area contributed by atoms with Crippen LogP contribution in [-0.4, -0.2) is 67.2 Å². The van der Waals surface area contributed by atoms with Gasteiger partial charge in [0, 0.05) is 37.3 Å². The van der Waals surface area contributed by atoms with Crippen molar-refractivity contribution in [2.24, 2.45) is 5.92 Å². The molecule has 2 aliphatic heterocycles. The molecule has 0 unspecified atom stereocenters. The Hall–Kier alpha value is -1.89. The zero-order valence-corrected chi connectivity index (χ0v) is 14.6. The van der Waals surface area contributed by atoms with Gasteiger partial charge < -0.3 is 19.9 Å². The van der Waals surface area contributed by atoms with E-state index in [-0.39, 0.29) is 11.8 Å². The lowest BCUT2D eigenvalue weighted by atomic mass is 9.95. The maximum absolute atomic E-state index is 12.5. The molecule has 2 saturated heterocycles. The number of carbonyl (C=O) groups is 1. The van der Waals surface area contributed by atoms with Crippen molar-refractivity contribution in [3.63, 3.8) is 0 Å². The molecular formula is C17H27N5O2. The largest absolute Gasteiger partial charge is 0.481 e. The van der Waals surface area contributed by atoms with E-state index < -0.39 is 0 Å². The topological polar surface area (TPSA) is 70.6 Å². The van der Waals surface area contributed by atoms with Crippen LogP contribution in [0.3, 0.4) is 0 Å². The number of methoxy groups -OCH3 is 1. The van der Waals surface area contributed by atoms with Gasteiger partial charge in [-0.15, -0.1) is 0 Å². The molecule has 0 aromatic carbocycles. The molecule has 1 N–H and O–H groups in total. The summed E-state index contributed by atoms with van der Waals surface area (Å²) in [6.45, 7) is 3.74. The number of rotatable bonds is 4. The molecule has 0 radical (unpaired) electrons. The molecule has 24 heavy (non-hydrogen) atoms. The van der Waals surface area contributed by atoms with Crippen LogP contribution in [0.5, 0.6) is 5.88 Å². The Labute approximate surface area is 143 Å². The third-order valence-corrected chi connectivity index (χ3v) is 5.04. The lowest BCUT2D eigenvalue weighted by Gasteiger charge is -2.34. The Bertz CT molecular complexity index is 552. The van der Waals surface area contributed by atoms with Gasteiger partial charge in [-0.25, -0.2) is 4.98 Å². The highest BCUT2D eigenvalue weighted by atomic mass is 16.5. The molecule has 1 aromatic heterocycles. The summed E-state index contributed by atoms with van der Waals surface area (Å²) in [7, 11) is 3.74. The summed E-state index contributed by atoms with van der Waals surface area (Å²) in [5.74, 6) is 1.58. The number of carbonyl (C=O) groups excluding carboxylic acids is 1. The molecule has 3 heterocycles. The second kappa shape index (κ2) is 7.79. The number of aromatic nitrogens is 2. The number of hydrogen-bond donors (Lipinski definition) is 1. The van der Waals surface area contributed by atoms with Gasteiger partial charge in [0.1, 0.15) is 0 Å². The molecule has 0 saturated carbocycles. The minimum atomic E-state index is 0.103. The first-order chi connectivity index (χ1) is 11.7. The lowest BCUT2D eigenvalue weighted by Crippen LogP contribution is -2.47. The predicted molar refractivity (Wildman–Crippen MR) is 92.2 cm³/mol. The van der Waals surface area contributed by atoms with Gasteiger partial charge in [-0.1, -0.05) is 0 Å². The van der Waals surface area contributed by atoms with Crippen molar-refractivity contribution < 1.29 is 9.53 Å². The molecule has 7 heteroatoms. The summed E-state index contributed by atoms with van der Waals surface area (Å²) < 4.78 is 5.15. The molecule has 2 fully saturated rings. The fourth-order valence-corrected chi connectivity index (χ4v) is 3.41. The molecule has 0 spiro atoms. The molecule has 3 rings (SSSR count). The monoisotopic (exact) mass is 333 g/mol. The summed E-state index contributed by atoms with van der Waals surface area (Å²) in [4.78, 5) is 25.6. The van der Waals surface area contributed by atoms with Crippen molar-refractivity contribution in [3.8, 4) is 5.88 Å². The molecule has 1 aromatic rings. The molecule has 132 valence electrons. The number of ether oxygens (including phenoxy) is 1. The van der Waals surface area contributed by atoms with Gasteiger partial charge in [-0.2, -0.15) is 4.98 Å². The fourth-order valence-electron chi connectivity index (χ4n) is 3.41. The van der Waals surface area contributed by atoms with Gasteiger partial charge in [0.15, 0.2) is 0 Å². The zero-order valence-electron chi connectivity index (χ0n) is 14.6. The molecule has 1 amide bonds. The van der Waals surface area contributed by atoms with Gasteiger partial charge in [-0.05, 0) is 45.8 Å². The van der Waals surface area contributed by atoms with E-state index in [1.165, 1.54) is 0 Å². The summed E-state index contributed by atoms with van der Waals surface area (Å²) in [6, 6.07) is 2.08. The van der Waals surface area contributed by atoms with Crippen LogP contribution in [0.1, 0.15) is 25.7 Å². The summed E-state index contributed by atoms with van der Waals surface area (Å²) >= 11 is 0. The predicted octanol–water partition coefficient (Wildman–Crippen LogP) is 0.912. The van der Waals surface area contributed by atoms with Crippen LogP contribution in [0.4, 0.5) is 5.95 Å². The maximum atomic E-state index is 12.5. The third-order valence-electron chi connectivity index (χ3n) is 5.04. The highest BCUT2D eigenvalue weighted by Crippen LogP contribution is 2.22. The molecule has 7 nitrogen and oxygen atoms in total. The fraction of sp³-hybridized carbons (Fsp3) is 0.706. The van der Waals surface area contributed by atoms with E-state index in [1.807, 2.05) is 0 Å². The van der Waals surface area contributed by atoms with Crippen molar-refractivity contribution in [3.05, 3.63) is 12.3 Å². The highest BCUT2D eigenvalue weighted by Gasteiger charge is 2.28. The first-order valence-electron chi connectivity index (χ1n) is 8.76. The average Bonchev–Trinajstić information content (AvgIpc) is 2.64. The Morgan fingerprint density at radius 2 is 1.92 bits per heavy atom. The number of hydrogen-bond acceptors (Lipinski definition) is 6. The second-order valence-electron chi connectivity index (χ2n) is 6.75. The number of likely N-dealkylation sites (tertiary alicyclic amines) is 1. The number of amides is 1. The van der Waals surface area contributed by atoms with E-state index in [9.17, 15) is 4.79 Å². The molecular weight excluding hydrogens is 306 g/mol. The van der Waals surface area contributed by atoms with Crippen molar-refractivity contribution >= 4 is 11.9 Å². The summed E-state index contributed by atoms with van der Waals surface area (Å²) in [5.41, 5.74) is 0. The number of piperidine rings is 2. The van der Waals surface area contributed by atoms with Gasteiger partial charge in [0.25, 0.3) is 0 Å². The Balaban J connectivity index is 1.48. The first-order valence-corrected chi connectivity index (χ1v) is 8.76. The van der Waals surface area contributed by atoms with Crippen LogP contribution in [0.2, 0.25) is 0 Å². The van der Waals surface area contributed by atoms with Gasteiger partial charge >= 0.3 is 0 Å². The average molecular weight is 333 g/mol. The van der Waals surface area contributed by atoms with Crippen LogP contribution in [0, 0.1) is 5.92 Å².